The molecule has 1 aliphatic carbocycles. The number of nitrogens with zero attached hydrogens (tertiary/aromatic N) is 4. The number of rotatable bonds is 3. The van der Waals surface area contributed by atoms with E-state index in [2.05, 4.69) is 34.1 Å². The number of hydrogen-bond acceptors (Lipinski definition) is 6. The Labute approximate surface area is 163 Å². The molecular formula is C21H23N5O2. The van der Waals surface area contributed by atoms with Crippen molar-refractivity contribution in [2.75, 3.05) is 0 Å². The second-order valence-electron chi connectivity index (χ2n) is 8.05. The predicted molar refractivity (Wildman–Crippen MR) is 104 cm³/mol. The highest BCUT2D eigenvalue weighted by atomic mass is 16.4. The van der Waals surface area contributed by atoms with Gasteiger partial charge in [-0.3, -0.25) is 9.78 Å². The Bertz CT molecular complexity index is 1030. The van der Waals surface area contributed by atoms with Crippen molar-refractivity contribution in [2.24, 2.45) is 5.41 Å². The molecule has 4 rings (SSSR count). The van der Waals surface area contributed by atoms with Crippen molar-refractivity contribution < 1.29 is 9.21 Å². The van der Waals surface area contributed by atoms with E-state index in [1.165, 1.54) is 0 Å². The van der Waals surface area contributed by atoms with Gasteiger partial charge < -0.3 is 9.73 Å². The van der Waals surface area contributed by atoms with Crippen LogP contribution in [0.15, 0.2) is 35.1 Å². The van der Waals surface area contributed by atoms with E-state index in [-0.39, 0.29) is 23.1 Å². The zero-order valence-corrected chi connectivity index (χ0v) is 16.5. The number of pyridine rings is 1. The van der Waals surface area contributed by atoms with Crippen LogP contribution in [0, 0.1) is 19.3 Å². The first-order valence-electron chi connectivity index (χ1n) is 9.33. The lowest BCUT2D eigenvalue weighted by atomic mass is 9.74. The summed E-state index contributed by atoms with van der Waals surface area (Å²) < 4.78 is 5.47. The lowest BCUT2D eigenvalue weighted by Crippen LogP contribution is -2.37. The quantitative estimate of drug-likeness (QED) is 0.750. The van der Waals surface area contributed by atoms with Gasteiger partial charge in [-0.25, -0.2) is 15.0 Å². The van der Waals surface area contributed by atoms with E-state index in [1.54, 1.807) is 26.2 Å². The SMILES string of the molecule is Cc1nc(C)c(C(=O)NC2CC(C)(C)Cc3nc(-c4ccncc4)ncc32)o1. The molecule has 3 aromatic heterocycles. The highest BCUT2D eigenvalue weighted by molar-refractivity contribution is 5.92. The van der Waals surface area contributed by atoms with Crippen LogP contribution in [0.4, 0.5) is 0 Å². The molecule has 0 spiro atoms. The van der Waals surface area contributed by atoms with Gasteiger partial charge in [0.2, 0.25) is 5.76 Å². The number of nitrogens with one attached hydrogen (secondary N) is 1. The molecule has 3 heterocycles. The van der Waals surface area contributed by atoms with Gasteiger partial charge in [0.1, 0.15) is 0 Å². The Morgan fingerprint density at radius 3 is 2.64 bits per heavy atom. The normalized spacial score (nSPS) is 17.8. The number of oxazole rings is 1. The summed E-state index contributed by atoms with van der Waals surface area (Å²) in [4.78, 5) is 30.3. The van der Waals surface area contributed by atoms with Crippen molar-refractivity contribution in [2.45, 2.75) is 46.6 Å². The van der Waals surface area contributed by atoms with Gasteiger partial charge in [0.25, 0.3) is 5.91 Å². The van der Waals surface area contributed by atoms with Gasteiger partial charge in [-0.2, -0.15) is 0 Å². The number of hydrogen-bond donors (Lipinski definition) is 1. The van der Waals surface area contributed by atoms with E-state index in [0.29, 0.717) is 17.4 Å². The molecule has 7 heteroatoms. The lowest BCUT2D eigenvalue weighted by Gasteiger charge is -2.36. The number of aryl methyl sites for hydroxylation is 2. The molecule has 0 aromatic carbocycles. The molecule has 144 valence electrons. The molecule has 0 saturated heterocycles. The van der Waals surface area contributed by atoms with E-state index < -0.39 is 0 Å². The number of carbonyl (C=O) groups excluding carboxylic acids is 1. The molecule has 1 amide bonds. The molecule has 1 atom stereocenters. The predicted octanol–water partition coefficient (Wildman–Crippen LogP) is 3.59. The summed E-state index contributed by atoms with van der Waals surface area (Å²) in [6, 6.07) is 3.61. The molecular weight excluding hydrogens is 354 g/mol. The Hall–Kier alpha value is -3.09. The molecule has 0 radical (unpaired) electrons. The average Bonchev–Trinajstić information content (AvgIpc) is 2.99. The van der Waals surface area contributed by atoms with Gasteiger partial charge >= 0.3 is 0 Å². The van der Waals surface area contributed by atoms with Crippen molar-refractivity contribution in [1.82, 2.24) is 25.3 Å². The fourth-order valence-electron chi connectivity index (χ4n) is 3.78. The third kappa shape index (κ3) is 3.52. The van der Waals surface area contributed by atoms with Crippen molar-refractivity contribution >= 4 is 5.91 Å². The maximum absolute atomic E-state index is 12.8. The molecule has 1 unspecified atom stereocenters. The van der Waals surface area contributed by atoms with Gasteiger partial charge in [0, 0.05) is 36.6 Å². The molecule has 0 saturated carbocycles. The molecule has 0 bridgehead atoms. The first kappa shape index (κ1) is 18.3. The zero-order valence-electron chi connectivity index (χ0n) is 16.5. The van der Waals surface area contributed by atoms with Crippen LogP contribution in [0.3, 0.4) is 0 Å². The minimum Gasteiger partial charge on any atom is -0.436 e. The molecule has 0 aliphatic heterocycles. The molecule has 7 nitrogen and oxygen atoms in total. The van der Waals surface area contributed by atoms with Crippen LogP contribution in [-0.4, -0.2) is 25.8 Å². The molecule has 0 fully saturated rings. The third-order valence-electron chi connectivity index (χ3n) is 5.03. The van der Waals surface area contributed by atoms with Gasteiger partial charge in [0.05, 0.1) is 17.4 Å². The first-order valence-corrected chi connectivity index (χ1v) is 9.33. The Balaban J connectivity index is 1.67. The third-order valence-corrected chi connectivity index (χ3v) is 5.03. The summed E-state index contributed by atoms with van der Waals surface area (Å²) in [7, 11) is 0. The van der Waals surface area contributed by atoms with Crippen molar-refractivity contribution in [3.05, 3.63) is 59.3 Å². The smallest absolute Gasteiger partial charge is 0.289 e. The van der Waals surface area contributed by atoms with Crippen LogP contribution >= 0.6 is 0 Å². The lowest BCUT2D eigenvalue weighted by molar-refractivity contribution is 0.0888. The van der Waals surface area contributed by atoms with Crippen molar-refractivity contribution in [3.8, 4) is 11.4 Å². The minimum absolute atomic E-state index is 0.00118. The summed E-state index contributed by atoms with van der Waals surface area (Å²) in [5.74, 6) is 1.16. The second kappa shape index (κ2) is 6.82. The summed E-state index contributed by atoms with van der Waals surface area (Å²) in [5, 5.41) is 3.10. The maximum atomic E-state index is 12.8. The number of fused-ring (bicyclic) bond motifs is 1. The van der Waals surface area contributed by atoms with E-state index >= 15 is 0 Å². The molecule has 1 aliphatic rings. The highest BCUT2D eigenvalue weighted by Gasteiger charge is 2.35. The van der Waals surface area contributed by atoms with Crippen LogP contribution in [-0.2, 0) is 6.42 Å². The number of carbonyl (C=O) groups is 1. The largest absolute Gasteiger partial charge is 0.436 e. The highest BCUT2D eigenvalue weighted by Crippen LogP contribution is 2.40. The topological polar surface area (TPSA) is 93.8 Å². The van der Waals surface area contributed by atoms with E-state index in [9.17, 15) is 4.79 Å². The number of amides is 1. The second-order valence-corrected chi connectivity index (χ2v) is 8.05. The summed E-state index contributed by atoms with van der Waals surface area (Å²) in [6.45, 7) is 7.88. The van der Waals surface area contributed by atoms with E-state index in [4.69, 9.17) is 9.40 Å². The van der Waals surface area contributed by atoms with E-state index in [0.717, 1.165) is 29.7 Å². The maximum Gasteiger partial charge on any atom is 0.289 e. The Kier molecular flexibility index (Phi) is 4.45. The summed E-state index contributed by atoms with van der Waals surface area (Å²) in [6.07, 6.45) is 6.92. The van der Waals surface area contributed by atoms with Crippen molar-refractivity contribution in [1.29, 1.82) is 0 Å². The monoisotopic (exact) mass is 377 g/mol. The van der Waals surface area contributed by atoms with Gasteiger partial charge in [-0.1, -0.05) is 13.8 Å². The first-order chi connectivity index (χ1) is 13.3. The van der Waals surface area contributed by atoms with Crippen LogP contribution in [0.25, 0.3) is 11.4 Å². The minimum atomic E-state index is -0.259. The van der Waals surface area contributed by atoms with Crippen LogP contribution in [0.1, 0.15) is 59.7 Å². The molecule has 28 heavy (non-hydrogen) atoms. The summed E-state index contributed by atoms with van der Waals surface area (Å²) in [5.41, 5.74) is 3.44. The van der Waals surface area contributed by atoms with Crippen LogP contribution < -0.4 is 5.32 Å². The van der Waals surface area contributed by atoms with Gasteiger partial charge in [0.15, 0.2) is 11.7 Å². The number of aromatic nitrogens is 4. The standard InChI is InChI=1S/C21H23N5O2/c1-12-18(28-13(2)24-12)20(27)26-17-10-21(3,4)9-16-15(17)11-23-19(25-16)14-5-7-22-8-6-14/h5-8,11,17H,9-10H2,1-4H3,(H,26,27). The fraction of sp³-hybridized carbons (Fsp3) is 0.381. The Morgan fingerprint density at radius 2 is 1.96 bits per heavy atom. The van der Waals surface area contributed by atoms with Crippen molar-refractivity contribution in [3.63, 3.8) is 0 Å². The molecule has 1 N–H and O–H groups in total. The molecule has 3 aromatic rings. The summed E-state index contributed by atoms with van der Waals surface area (Å²) >= 11 is 0. The van der Waals surface area contributed by atoms with Crippen LogP contribution in [0.2, 0.25) is 0 Å². The van der Waals surface area contributed by atoms with Crippen LogP contribution in [0.5, 0.6) is 0 Å². The zero-order chi connectivity index (χ0) is 19.9. The fourth-order valence-corrected chi connectivity index (χ4v) is 3.78. The van der Waals surface area contributed by atoms with Gasteiger partial charge in [-0.15, -0.1) is 0 Å². The van der Waals surface area contributed by atoms with E-state index in [1.807, 2.05) is 18.3 Å². The Morgan fingerprint density at radius 1 is 1.21 bits per heavy atom. The van der Waals surface area contributed by atoms with Gasteiger partial charge in [-0.05, 0) is 37.3 Å². The average molecular weight is 377 g/mol.